The van der Waals surface area contributed by atoms with Gasteiger partial charge in [-0.05, 0) is 31.9 Å². The SMILES string of the molecule is CC(NC(=O)c1ccc(CS(C)(=O)=O)o1)c1nc(C2CCCC2)no1. The highest BCUT2D eigenvalue weighted by atomic mass is 32.2. The average Bonchev–Trinajstić information content (AvgIpc) is 3.26. The maximum Gasteiger partial charge on any atom is 0.287 e. The van der Waals surface area contributed by atoms with Gasteiger partial charge < -0.3 is 14.3 Å². The van der Waals surface area contributed by atoms with Gasteiger partial charge in [-0.1, -0.05) is 18.0 Å². The Morgan fingerprint density at radius 3 is 2.76 bits per heavy atom. The average molecular weight is 367 g/mol. The molecule has 1 aliphatic carbocycles. The van der Waals surface area contributed by atoms with Crippen LogP contribution in [0.2, 0.25) is 0 Å². The molecular formula is C16H21N3O5S. The van der Waals surface area contributed by atoms with E-state index in [0.717, 1.165) is 19.1 Å². The Morgan fingerprint density at radius 1 is 1.36 bits per heavy atom. The van der Waals surface area contributed by atoms with Crippen molar-refractivity contribution in [1.82, 2.24) is 15.5 Å². The first-order chi connectivity index (χ1) is 11.8. The van der Waals surface area contributed by atoms with E-state index in [2.05, 4.69) is 15.5 Å². The molecule has 1 aliphatic rings. The molecule has 2 heterocycles. The molecule has 2 aromatic heterocycles. The number of furan rings is 1. The van der Waals surface area contributed by atoms with Crippen molar-refractivity contribution >= 4 is 15.7 Å². The molecule has 0 bridgehead atoms. The van der Waals surface area contributed by atoms with E-state index in [1.165, 1.54) is 25.0 Å². The molecule has 9 heteroatoms. The molecule has 0 aliphatic heterocycles. The fourth-order valence-electron chi connectivity index (χ4n) is 2.94. The third-order valence-corrected chi connectivity index (χ3v) is 4.99. The third-order valence-electron chi connectivity index (χ3n) is 4.19. The van der Waals surface area contributed by atoms with E-state index in [0.29, 0.717) is 17.6 Å². The van der Waals surface area contributed by atoms with Crippen molar-refractivity contribution in [3.05, 3.63) is 35.4 Å². The van der Waals surface area contributed by atoms with Gasteiger partial charge in [0.25, 0.3) is 5.91 Å². The molecule has 1 atom stereocenters. The van der Waals surface area contributed by atoms with Gasteiger partial charge >= 0.3 is 0 Å². The summed E-state index contributed by atoms with van der Waals surface area (Å²) in [6.45, 7) is 1.74. The predicted molar refractivity (Wildman–Crippen MR) is 88.6 cm³/mol. The molecule has 25 heavy (non-hydrogen) atoms. The smallest absolute Gasteiger partial charge is 0.287 e. The molecule has 1 N–H and O–H groups in total. The molecule has 3 rings (SSSR count). The van der Waals surface area contributed by atoms with E-state index in [1.54, 1.807) is 6.92 Å². The van der Waals surface area contributed by atoms with E-state index in [4.69, 9.17) is 8.94 Å². The van der Waals surface area contributed by atoms with Gasteiger partial charge in [0, 0.05) is 12.2 Å². The maximum atomic E-state index is 12.2. The van der Waals surface area contributed by atoms with E-state index < -0.39 is 21.8 Å². The van der Waals surface area contributed by atoms with Crippen LogP contribution in [0.1, 0.15) is 72.6 Å². The van der Waals surface area contributed by atoms with Gasteiger partial charge in [0.1, 0.15) is 17.6 Å². The van der Waals surface area contributed by atoms with Crippen LogP contribution >= 0.6 is 0 Å². The zero-order chi connectivity index (χ0) is 18.0. The van der Waals surface area contributed by atoms with Crippen molar-refractivity contribution in [2.45, 2.75) is 50.3 Å². The first-order valence-electron chi connectivity index (χ1n) is 8.22. The Hall–Kier alpha value is -2.16. The Morgan fingerprint density at radius 2 is 2.08 bits per heavy atom. The lowest BCUT2D eigenvalue weighted by atomic mass is 10.1. The van der Waals surface area contributed by atoms with E-state index in [1.807, 2.05) is 0 Å². The summed E-state index contributed by atoms with van der Waals surface area (Å²) < 4.78 is 33.1. The van der Waals surface area contributed by atoms with Gasteiger partial charge in [-0.25, -0.2) is 8.42 Å². The van der Waals surface area contributed by atoms with Gasteiger partial charge in [0.2, 0.25) is 5.89 Å². The molecule has 136 valence electrons. The Bertz CT molecular complexity index is 849. The number of amides is 1. The van der Waals surface area contributed by atoms with Gasteiger partial charge in [0.05, 0.1) is 0 Å². The van der Waals surface area contributed by atoms with Gasteiger partial charge in [-0.3, -0.25) is 4.79 Å². The summed E-state index contributed by atoms with van der Waals surface area (Å²) in [7, 11) is -3.22. The lowest BCUT2D eigenvalue weighted by Crippen LogP contribution is -2.26. The predicted octanol–water partition coefficient (Wildman–Crippen LogP) is 2.36. The van der Waals surface area contributed by atoms with Crippen molar-refractivity contribution in [2.24, 2.45) is 0 Å². The van der Waals surface area contributed by atoms with Crippen molar-refractivity contribution in [1.29, 1.82) is 0 Å². The number of aromatic nitrogens is 2. The number of carbonyl (C=O) groups is 1. The lowest BCUT2D eigenvalue weighted by molar-refractivity contribution is 0.0903. The molecule has 1 unspecified atom stereocenters. The van der Waals surface area contributed by atoms with Crippen LogP contribution in [0.4, 0.5) is 0 Å². The molecule has 1 saturated carbocycles. The van der Waals surface area contributed by atoms with Gasteiger partial charge in [-0.2, -0.15) is 4.98 Å². The number of nitrogens with zero attached hydrogens (tertiary/aromatic N) is 2. The Kier molecular flexibility index (Phi) is 4.94. The second kappa shape index (κ2) is 6.99. The monoisotopic (exact) mass is 367 g/mol. The van der Waals surface area contributed by atoms with Crippen molar-refractivity contribution in [3.63, 3.8) is 0 Å². The number of hydrogen-bond acceptors (Lipinski definition) is 7. The molecule has 8 nitrogen and oxygen atoms in total. The maximum absolute atomic E-state index is 12.2. The number of rotatable bonds is 6. The van der Waals surface area contributed by atoms with Crippen molar-refractivity contribution in [2.75, 3.05) is 6.26 Å². The van der Waals surface area contributed by atoms with Crippen LogP contribution < -0.4 is 5.32 Å². The summed E-state index contributed by atoms with van der Waals surface area (Å²) in [5.41, 5.74) is 0. The van der Waals surface area contributed by atoms with E-state index >= 15 is 0 Å². The molecule has 1 fully saturated rings. The first-order valence-corrected chi connectivity index (χ1v) is 10.3. The zero-order valence-electron chi connectivity index (χ0n) is 14.2. The fraction of sp³-hybridized carbons (Fsp3) is 0.562. The Balaban J connectivity index is 1.62. The largest absolute Gasteiger partial charge is 0.455 e. The number of sulfone groups is 1. The highest BCUT2D eigenvalue weighted by Gasteiger charge is 2.25. The molecule has 0 radical (unpaired) electrons. The van der Waals surface area contributed by atoms with E-state index in [-0.39, 0.29) is 17.3 Å². The lowest BCUT2D eigenvalue weighted by Gasteiger charge is -2.08. The fourth-order valence-corrected chi connectivity index (χ4v) is 3.61. The molecule has 0 spiro atoms. The quantitative estimate of drug-likeness (QED) is 0.833. The molecule has 1 amide bonds. The van der Waals surface area contributed by atoms with Gasteiger partial charge in [-0.15, -0.1) is 0 Å². The second-order valence-corrected chi connectivity index (χ2v) is 8.64. The topological polar surface area (TPSA) is 115 Å². The van der Waals surface area contributed by atoms with Crippen LogP contribution in [0, 0.1) is 0 Å². The summed E-state index contributed by atoms with van der Waals surface area (Å²) in [6.07, 6.45) is 5.59. The number of carbonyl (C=O) groups excluding carboxylic acids is 1. The van der Waals surface area contributed by atoms with Crippen LogP contribution in [0.3, 0.4) is 0 Å². The van der Waals surface area contributed by atoms with Crippen LogP contribution in [0.15, 0.2) is 21.1 Å². The minimum absolute atomic E-state index is 0.0426. The number of nitrogens with one attached hydrogen (secondary N) is 1. The third kappa shape index (κ3) is 4.47. The standard InChI is InChI=1S/C16H21N3O5S/c1-10(16-18-14(19-24-16)11-5-3-4-6-11)17-15(20)13-8-7-12(23-13)9-25(2,21)22/h7-8,10-11H,3-6,9H2,1-2H3,(H,17,20). The van der Waals surface area contributed by atoms with Gasteiger partial charge in [0.15, 0.2) is 21.4 Å². The molecular weight excluding hydrogens is 346 g/mol. The molecule has 0 aromatic carbocycles. The van der Waals surface area contributed by atoms with Crippen molar-refractivity contribution in [3.8, 4) is 0 Å². The zero-order valence-corrected chi connectivity index (χ0v) is 15.0. The minimum atomic E-state index is -3.22. The second-order valence-electron chi connectivity index (χ2n) is 6.50. The molecule has 2 aromatic rings. The number of hydrogen-bond donors (Lipinski definition) is 1. The normalized spacial score (nSPS) is 16.9. The summed E-state index contributed by atoms with van der Waals surface area (Å²) in [5.74, 6) is 0.935. The van der Waals surface area contributed by atoms with Crippen LogP contribution in [0.5, 0.6) is 0 Å². The highest BCUT2D eigenvalue weighted by Crippen LogP contribution is 2.32. The van der Waals surface area contributed by atoms with Crippen molar-refractivity contribution < 1.29 is 22.2 Å². The first kappa shape index (κ1) is 17.7. The summed E-state index contributed by atoms with van der Waals surface area (Å²) in [4.78, 5) is 16.6. The highest BCUT2D eigenvalue weighted by molar-refractivity contribution is 7.89. The minimum Gasteiger partial charge on any atom is -0.455 e. The summed E-state index contributed by atoms with van der Waals surface area (Å²) in [5, 5.41) is 6.73. The van der Waals surface area contributed by atoms with Crippen LogP contribution in [-0.2, 0) is 15.6 Å². The summed E-state index contributed by atoms with van der Waals surface area (Å²) in [6, 6.07) is 2.45. The molecule has 0 saturated heterocycles. The van der Waals surface area contributed by atoms with Crippen LogP contribution in [-0.4, -0.2) is 30.7 Å². The van der Waals surface area contributed by atoms with Crippen LogP contribution in [0.25, 0.3) is 0 Å². The Labute approximate surface area is 145 Å². The summed E-state index contributed by atoms with van der Waals surface area (Å²) >= 11 is 0. The van der Waals surface area contributed by atoms with E-state index in [9.17, 15) is 13.2 Å².